The second kappa shape index (κ2) is 9.56. The molecule has 0 saturated carbocycles. The molecule has 0 aliphatic carbocycles. The van der Waals surface area contributed by atoms with Crippen LogP contribution >= 0.6 is 11.8 Å². The van der Waals surface area contributed by atoms with Gasteiger partial charge in [-0.05, 0) is 41.6 Å². The van der Waals surface area contributed by atoms with Gasteiger partial charge >= 0.3 is 0 Å². The standard InChI is InChI=1S/C21H21F2N3O2S/c1-3-12-28-16-10-8-15(9-11-16)13-25(2)19(27)14-26-18-7-5-4-6-17(18)24-21(26)29-20(22)23/h3-11,20H,1,12-14H2,2H3. The minimum atomic E-state index is -2.61. The van der Waals surface area contributed by atoms with Crippen molar-refractivity contribution in [2.24, 2.45) is 0 Å². The number of thioether (sulfide) groups is 1. The lowest BCUT2D eigenvalue weighted by molar-refractivity contribution is -0.131. The number of aromatic nitrogens is 2. The highest BCUT2D eigenvalue weighted by atomic mass is 32.2. The topological polar surface area (TPSA) is 47.4 Å². The number of rotatable bonds is 9. The highest BCUT2D eigenvalue weighted by molar-refractivity contribution is 7.99. The third-order valence-corrected chi connectivity index (χ3v) is 4.94. The Kier molecular flexibility index (Phi) is 6.87. The molecule has 3 aromatic rings. The van der Waals surface area contributed by atoms with Gasteiger partial charge < -0.3 is 14.2 Å². The van der Waals surface area contributed by atoms with Crippen LogP contribution in [0.3, 0.4) is 0 Å². The van der Waals surface area contributed by atoms with Gasteiger partial charge in [-0.15, -0.1) is 0 Å². The highest BCUT2D eigenvalue weighted by Gasteiger charge is 2.19. The maximum absolute atomic E-state index is 12.9. The van der Waals surface area contributed by atoms with Crippen LogP contribution in [0.2, 0.25) is 0 Å². The van der Waals surface area contributed by atoms with Crippen LogP contribution in [0.25, 0.3) is 11.0 Å². The number of amides is 1. The van der Waals surface area contributed by atoms with Gasteiger partial charge in [0.05, 0.1) is 11.0 Å². The van der Waals surface area contributed by atoms with Crippen molar-refractivity contribution >= 4 is 28.7 Å². The van der Waals surface area contributed by atoms with Crippen LogP contribution in [0.4, 0.5) is 8.78 Å². The predicted octanol–water partition coefficient (Wildman–Crippen LogP) is 4.57. The quantitative estimate of drug-likeness (QED) is 0.378. The zero-order valence-corrected chi connectivity index (χ0v) is 16.7. The van der Waals surface area contributed by atoms with Crippen LogP contribution in [-0.4, -0.2) is 39.8 Å². The predicted molar refractivity (Wildman–Crippen MR) is 110 cm³/mol. The molecule has 1 aromatic heterocycles. The maximum Gasteiger partial charge on any atom is 0.291 e. The summed E-state index contributed by atoms with van der Waals surface area (Å²) in [4.78, 5) is 18.5. The van der Waals surface area contributed by atoms with E-state index in [0.29, 0.717) is 35.9 Å². The summed E-state index contributed by atoms with van der Waals surface area (Å²) in [5.41, 5.74) is 2.17. The third-order valence-electron chi connectivity index (χ3n) is 4.24. The second-order valence-corrected chi connectivity index (χ2v) is 7.30. The first-order valence-corrected chi connectivity index (χ1v) is 9.82. The fourth-order valence-electron chi connectivity index (χ4n) is 2.84. The molecule has 0 spiro atoms. The lowest BCUT2D eigenvalue weighted by atomic mass is 10.2. The van der Waals surface area contributed by atoms with Crippen molar-refractivity contribution < 1.29 is 18.3 Å². The molecular weight excluding hydrogens is 396 g/mol. The number of carbonyl (C=O) groups is 1. The van der Waals surface area contributed by atoms with Crippen LogP contribution in [0, 0.1) is 0 Å². The van der Waals surface area contributed by atoms with Gasteiger partial charge in [-0.2, -0.15) is 8.78 Å². The van der Waals surface area contributed by atoms with E-state index in [-0.39, 0.29) is 17.6 Å². The molecule has 152 valence electrons. The largest absolute Gasteiger partial charge is 0.490 e. The zero-order valence-electron chi connectivity index (χ0n) is 15.9. The fourth-order valence-corrected chi connectivity index (χ4v) is 3.44. The van der Waals surface area contributed by atoms with E-state index in [2.05, 4.69) is 11.6 Å². The van der Waals surface area contributed by atoms with Crippen molar-refractivity contribution in [2.45, 2.75) is 24.0 Å². The number of carbonyl (C=O) groups excluding carboxylic acids is 1. The molecule has 0 fully saturated rings. The van der Waals surface area contributed by atoms with Gasteiger partial charge in [-0.3, -0.25) is 4.79 Å². The SMILES string of the molecule is C=CCOc1ccc(CN(C)C(=O)Cn2c(SC(F)F)nc3ccccc32)cc1. The average molecular weight is 417 g/mol. The van der Waals surface area contributed by atoms with Crippen LogP contribution in [0.5, 0.6) is 5.75 Å². The lowest BCUT2D eigenvalue weighted by Gasteiger charge is -2.19. The Morgan fingerprint density at radius 2 is 2.00 bits per heavy atom. The Labute approximate surface area is 172 Å². The minimum absolute atomic E-state index is 0.0629. The van der Waals surface area contributed by atoms with E-state index < -0.39 is 5.76 Å². The summed E-state index contributed by atoms with van der Waals surface area (Å²) in [5, 5.41) is 0.131. The molecule has 0 radical (unpaired) electrons. The van der Waals surface area contributed by atoms with Gasteiger partial charge in [0, 0.05) is 13.6 Å². The van der Waals surface area contributed by atoms with Crippen LogP contribution in [-0.2, 0) is 17.9 Å². The van der Waals surface area contributed by atoms with Crippen molar-refractivity contribution in [3.05, 3.63) is 66.7 Å². The summed E-state index contributed by atoms with van der Waals surface area (Å²) in [5.74, 6) is -2.09. The van der Waals surface area contributed by atoms with Gasteiger partial charge in [0.15, 0.2) is 5.16 Å². The molecule has 1 heterocycles. The summed E-state index contributed by atoms with van der Waals surface area (Å²) in [6.45, 7) is 4.36. The number of nitrogens with zero attached hydrogens (tertiary/aromatic N) is 3. The molecule has 0 unspecified atom stereocenters. The van der Waals surface area contributed by atoms with E-state index in [4.69, 9.17) is 4.74 Å². The Bertz CT molecular complexity index is 989. The first kappa shape index (κ1) is 20.9. The van der Waals surface area contributed by atoms with Crippen LogP contribution in [0.1, 0.15) is 5.56 Å². The summed E-state index contributed by atoms with van der Waals surface area (Å²) in [7, 11) is 1.68. The highest BCUT2D eigenvalue weighted by Crippen LogP contribution is 2.28. The third kappa shape index (κ3) is 5.35. The van der Waals surface area contributed by atoms with Gasteiger partial charge in [0.1, 0.15) is 18.9 Å². The first-order chi connectivity index (χ1) is 14.0. The number of para-hydroxylation sites is 2. The molecule has 3 rings (SSSR count). The number of hydrogen-bond acceptors (Lipinski definition) is 4. The summed E-state index contributed by atoms with van der Waals surface area (Å²) in [6, 6.07) is 14.5. The van der Waals surface area contributed by atoms with Crippen molar-refractivity contribution in [2.75, 3.05) is 13.7 Å². The molecule has 29 heavy (non-hydrogen) atoms. The monoisotopic (exact) mass is 417 g/mol. The van der Waals surface area contributed by atoms with E-state index >= 15 is 0 Å². The molecule has 0 N–H and O–H groups in total. The normalized spacial score (nSPS) is 11.0. The molecule has 5 nitrogen and oxygen atoms in total. The van der Waals surface area contributed by atoms with Crippen molar-refractivity contribution in [1.82, 2.24) is 14.5 Å². The van der Waals surface area contributed by atoms with Crippen molar-refractivity contribution in [1.29, 1.82) is 0 Å². The smallest absolute Gasteiger partial charge is 0.291 e. The molecule has 0 aliphatic heterocycles. The molecule has 8 heteroatoms. The minimum Gasteiger partial charge on any atom is -0.490 e. The number of halogens is 2. The Hall–Kier alpha value is -2.87. The Morgan fingerprint density at radius 3 is 2.69 bits per heavy atom. The number of alkyl halides is 2. The average Bonchev–Trinajstić information content (AvgIpc) is 3.03. The van der Waals surface area contributed by atoms with Crippen LogP contribution in [0.15, 0.2) is 66.3 Å². The van der Waals surface area contributed by atoms with E-state index in [1.54, 1.807) is 42.3 Å². The molecular formula is C21H21F2N3O2S. The second-order valence-electron chi connectivity index (χ2n) is 6.34. The summed E-state index contributed by atoms with van der Waals surface area (Å²) < 4.78 is 32.8. The molecule has 1 amide bonds. The van der Waals surface area contributed by atoms with Crippen molar-refractivity contribution in [3.63, 3.8) is 0 Å². The van der Waals surface area contributed by atoms with E-state index in [1.165, 1.54) is 4.57 Å². The zero-order chi connectivity index (χ0) is 20.8. The number of fused-ring (bicyclic) bond motifs is 1. The van der Waals surface area contributed by atoms with E-state index in [1.807, 2.05) is 24.3 Å². The lowest BCUT2D eigenvalue weighted by Crippen LogP contribution is -2.30. The van der Waals surface area contributed by atoms with E-state index in [9.17, 15) is 13.6 Å². The Morgan fingerprint density at radius 1 is 1.28 bits per heavy atom. The molecule has 0 atom stereocenters. The molecule has 2 aromatic carbocycles. The maximum atomic E-state index is 12.9. The van der Waals surface area contributed by atoms with Crippen LogP contribution < -0.4 is 4.74 Å². The number of hydrogen-bond donors (Lipinski definition) is 0. The first-order valence-electron chi connectivity index (χ1n) is 8.94. The fraction of sp³-hybridized carbons (Fsp3) is 0.238. The number of likely N-dealkylation sites (N-methyl/N-ethyl adjacent to an activating group) is 1. The van der Waals surface area contributed by atoms with Gasteiger partial charge in [0.2, 0.25) is 5.91 Å². The summed E-state index contributed by atoms with van der Waals surface area (Å²) in [6.07, 6.45) is 1.67. The van der Waals surface area contributed by atoms with E-state index in [0.717, 1.165) is 11.3 Å². The van der Waals surface area contributed by atoms with Crippen molar-refractivity contribution in [3.8, 4) is 5.75 Å². The van der Waals surface area contributed by atoms with Gasteiger partial charge in [-0.1, -0.05) is 36.9 Å². The number of benzene rings is 2. The Balaban J connectivity index is 1.71. The van der Waals surface area contributed by atoms with Gasteiger partial charge in [-0.25, -0.2) is 4.98 Å². The van der Waals surface area contributed by atoms with Gasteiger partial charge in [0.25, 0.3) is 5.76 Å². The number of imidazole rings is 1. The molecule has 0 saturated heterocycles. The summed E-state index contributed by atoms with van der Waals surface area (Å²) >= 11 is 0.343. The number of ether oxygens (including phenoxy) is 1. The molecule has 0 bridgehead atoms. The molecule has 0 aliphatic rings.